The predicted octanol–water partition coefficient (Wildman–Crippen LogP) is 2.03. The van der Waals surface area contributed by atoms with Crippen LogP contribution in [0, 0.1) is 11.3 Å². The SMILES string of the molecule is N#Cc1nccnc1OCCc1cccs1. The summed E-state index contributed by atoms with van der Waals surface area (Å²) in [6, 6.07) is 6.00. The molecule has 0 aliphatic rings. The Morgan fingerprint density at radius 3 is 3.00 bits per heavy atom. The first kappa shape index (κ1) is 10.6. The van der Waals surface area contributed by atoms with Gasteiger partial charge in [-0.2, -0.15) is 5.26 Å². The summed E-state index contributed by atoms with van der Waals surface area (Å²) < 4.78 is 5.41. The molecule has 0 atom stereocenters. The van der Waals surface area contributed by atoms with E-state index in [0.717, 1.165) is 6.42 Å². The van der Waals surface area contributed by atoms with Crippen LogP contribution in [0.2, 0.25) is 0 Å². The van der Waals surface area contributed by atoms with E-state index in [1.807, 2.05) is 17.5 Å². The molecule has 0 spiro atoms. The Morgan fingerprint density at radius 1 is 1.38 bits per heavy atom. The van der Waals surface area contributed by atoms with Crippen molar-refractivity contribution in [1.82, 2.24) is 9.97 Å². The standard InChI is InChI=1S/C11H9N3OS/c12-8-10-11(14-5-4-13-10)15-6-3-9-2-1-7-16-9/h1-2,4-5,7H,3,6H2. The van der Waals surface area contributed by atoms with Crippen LogP contribution in [0.5, 0.6) is 5.88 Å². The van der Waals surface area contributed by atoms with Gasteiger partial charge in [0.15, 0.2) is 0 Å². The normalized spacial score (nSPS) is 9.69. The van der Waals surface area contributed by atoms with Crippen LogP contribution in [-0.4, -0.2) is 16.6 Å². The first-order valence-electron chi connectivity index (χ1n) is 4.76. The minimum Gasteiger partial charge on any atom is -0.475 e. The van der Waals surface area contributed by atoms with Crippen molar-refractivity contribution in [2.75, 3.05) is 6.61 Å². The molecule has 0 aliphatic heterocycles. The molecular weight excluding hydrogens is 222 g/mol. The number of thiophene rings is 1. The number of ether oxygens (including phenoxy) is 1. The molecule has 0 aromatic carbocycles. The summed E-state index contributed by atoms with van der Waals surface area (Å²) in [5.74, 6) is 0.307. The van der Waals surface area contributed by atoms with Gasteiger partial charge in [0, 0.05) is 23.7 Å². The molecule has 2 rings (SSSR count). The van der Waals surface area contributed by atoms with Crippen LogP contribution < -0.4 is 4.74 Å². The predicted molar refractivity (Wildman–Crippen MR) is 60.3 cm³/mol. The third-order valence-corrected chi connectivity index (χ3v) is 2.87. The molecule has 2 heterocycles. The fraction of sp³-hybridized carbons (Fsp3) is 0.182. The Morgan fingerprint density at radius 2 is 2.25 bits per heavy atom. The van der Waals surface area contributed by atoms with E-state index in [2.05, 4.69) is 16.0 Å². The number of hydrogen-bond donors (Lipinski definition) is 0. The minimum absolute atomic E-state index is 0.230. The molecule has 5 heteroatoms. The van der Waals surface area contributed by atoms with Crippen molar-refractivity contribution in [2.24, 2.45) is 0 Å². The smallest absolute Gasteiger partial charge is 0.251 e. The van der Waals surface area contributed by atoms with Crippen LogP contribution >= 0.6 is 11.3 Å². The van der Waals surface area contributed by atoms with Gasteiger partial charge in [0.05, 0.1) is 6.61 Å². The van der Waals surface area contributed by atoms with Crippen molar-refractivity contribution in [1.29, 1.82) is 5.26 Å². The monoisotopic (exact) mass is 231 g/mol. The molecule has 0 unspecified atom stereocenters. The van der Waals surface area contributed by atoms with Crippen LogP contribution in [0.1, 0.15) is 10.6 Å². The molecule has 0 amide bonds. The summed E-state index contributed by atoms with van der Waals surface area (Å²) in [5.41, 5.74) is 0.230. The molecule has 16 heavy (non-hydrogen) atoms. The van der Waals surface area contributed by atoms with E-state index < -0.39 is 0 Å². The molecule has 0 bridgehead atoms. The summed E-state index contributed by atoms with van der Waals surface area (Å²) in [6.07, 6.45) is 3.81. The van der Waals surface area contributed by atoms with E-state index in [9.17, 15) is 0 Å². The van der Waals surface area contributed by atoms with E-state index in [-0.39, 0.29) is 5.69 Å². The molecule has 0 saturated heterocycles. The molecule has 4 nitrogen and oxygen atoms in total. The van der Waals surface area contributed by atoms with E-state index in [4.69, 9.17) is 10.00 Å². The van der Waals surface area contributed by atoms with Gasteiger partial charge in [0.25, 0.3) is 5.88 Å². The molecular formula is C11H9N3OS. The lowest BCUT2D eigenvalue weighted by molar-refractivity contribution is 0.308. The molecule has 80 valence electrons. The van der Waals surface area contributed by atoms with E-state index in [0.29, 0.717) is 12.5 Å². The molecule has 0 N–H and O–H groups in total. The van der Waals surface area contributed by atoms with Crippen molar-refractivity contribution in [3.63, 3.8) is 0 Å². The summed E-state index contributed by atoms with van der Waals surface area (Å²) in [6.45, 7) is 0.508. The molecule has 2 aromatic rings. The molecule has 0 aliphatic carbocycles. The van der Waals surface area contributed by atoms with E-state index >= 15 is 0 Å². The third kappa shape index (κ3) is 2.55. The zero-order valence-electron chi connectivity index (χ0n) is 8.46. The second-order valence-electron chi connectivity index (χ2n) is 3.00. The van der Waals surface area contributed by atoms with Crippen molar-refractivity contribution < 1.29 is 4.74 Å². The summed E-state index contributed by atoms with van der Waals surface area (Å²) in [7, 11) is 0. The van der Waals surface area contributed by atoms with Gasteiger partial charge >= 0.3 is 0 Å². The molecule has 0 saturated carbocycles. The van der Waals surface area contributed by atoms with Crippen LogP contribution in [0.15, 0.2) is 29.9 Å². The highest BCUT2D eigenvalue weighted by molar-refractivity contribution is 7.09. The summed E-state index contributed by atoms with van der Waals surface area (Å²) in [5, 5.41) is 10.8. The molecule has 0 fully saturated rings. The number of rotatable bonds is 4. The van der Waals surface area contributed by atoms with Crippen LogP contribution in [0.4, 0.5) is 0 Å². The number of hydrogen-bond acceptors (Lipinski definition) is 5. The lowest BCUT2D eigenvalue weighted by atomic mass is 10.4. The highest BCUT2D eigenvalue weighted by atomic mass is 32.1. The van der Waals surface area contributed by atoms with Gasteiger partial charge in [-0.15, -0.1) is 11.3 Å². The third-order valence-electron chi connectivity index (χ3n) is 1.94. The second-order valence-corrected chi connectivity index (χ2v) is 4.03. The average Bonchev–Trinajstić information content (AvgIpc) is 2.83. The lowest BCUT2D eigenvalue weighted by Gasteiger charge is -2.04. The maximum absolute atomic E-state index is 8.77. The number of aromatic nitrogens is 2. The first-order valence-corrected chi connectivity index (χ1v) is 5.64. The van der Waals surface area contributed by atoms with E-state index in [1.54, 1.807) is 11.3 Å². The highest BCUT2D eigenvalue weighted by Crippen LogP contribution is 2.12. The van der Waals surface area contributed by atoms with Crippen molar-refractivity contribution in [3.8, 4) is 11.9 Å². The Balaban J connectivity index is 1.93. The van der Waals surface area contributed by atoms with Crippen molar-refractivity contribution >= 4 is 11.3 Å². The lowest BCUT2D eigenvalue weighted by Crippen LogP contribution is -2.04. The van der Waals surface area contributed by atoms with Gasteiger partial charge in [0.2, 0.25) is 5.69 Å². The minimum atomic E-state index is 0.230. The van der Waals surface area contributed by atoms with Gasteiger partial charge in [-0.1, -0.05) is 6.07 Å². The molecule has 2 aromatic heterocycles. The van der Waals surface area contributed by atoms with Gasteiger partial charge in [0.1, 0.15) is 6.07 Å². The maximum atomic E-state index is 8.77. The van der Waals surface area contributed by atoms with Gasteiger partial charge in [-0.05, 0) is 11.4 Å². The van der Waals surface area contributed by atoms with Gasteiger partial charge in [-0.25, -0.2) is 9.97 Å². The first-order chi connectivity index (χ1) is 7.90. The highest BCUT2D eigenvalue weighted by Gasteiger charge is 2.04. The zero-order valence-corrected chi connectivity index (χ0v) is 9.28. The fourth-order valence-electron chi connectivity index (χ4n) is 1.21. The second kappa shape index (κ2) is 5.24. The van der Waals surface area contributed by atoms with Crippen molar-refractivity contribution in [3.05, 3.63) is 40.5 Å². The fourth-order valence-corrected chi connectivity index (χ4v) is 1.90. The summed E-state index contributed by atoms with van der Waals surface area (Å²) >= 11 is 1.69. The maximum Gasteiger partial charge on any atom is 0.251 e. The van der Waals surface area contributed by atoms with Crippen LogP contribution in [0.25, 0.3) is 0 Å². The Kier molecular flexibility index (Phi) is 3.46. The van der Waals surface area contributed by atoms with Crippen molar-refractivity contribution in [2.45, 2.75) is 6.42 Å². The summed E-state index contributed by atoms with van der Waals surface area (Å²) in [4.78, 5) is 9.08. The number of nitrogens with zero attached hydrogens (tertiary/aromatic N) is 3. The Hall–Kier alpha value is -1.93. The Labute approximate surface area is 97.2 Å². The van der Waals surface area contributed by atoms with Gasteiger partial charge in [-0.3, -0.25) is 0 Å². The topological polar surface area (TPSA) is 58.8 Å². The zero-order chi connectivity index (χ0) is 11.2. The largest absolute Gasteiger partial charge is 0.475 e. The number of nitriles is 1. The molecule has 0 radical (unpaired) electrons. The van der Waals surface area contributed by atoms with Gasteiger partial charge < -0.3 is 4.74 Å². The quantitative estimate of drug-likeness (QED) is 0.807. The van der Waals surface area contributed by atoms with Crippen LogP contribution in [0.3, 0.4) is 0 Å². The van der Waals surface area contributed by atoms with Crippen LogP contribution in [-0.2, 0) is 6.42 Å². The van der Waals surface area contributed by atoms with E-state index in [1.165, 1.54) is 17.3 Å². The average molecular weight is 231 g/mol. The Bertz CT molecular complexity index is 490.